The van der Waals surface area contributed by atoms with E-state index < -0.39 is 0 Å². The highest BCUT2D eigenvalue weighted by molar-refractivity contribution is 5.71. The van der Waals surface area contributed by atoms with Crippen LogP contribution in [0, 0.1) is 0 Å². The molecule has 0 unspecified atom stereocenters. The maximum absolute atomic E-state index is 10.1. The largest absolute Gasteiger partial charge is 0.327 e. The summed E-state index contributed by atoms with van der Waals surface area (Å²) >= 11 is 0. The molecule has 2 heterocycles. The van der Waals surface area contributed by atoms with Crippen molar-refractivity contribution in [3.8, 4) is 0 Å². The van der Waals surface area contributed by atoms with E-state index in [1.165, 1.54) is 0 Å². The third-order valence-corrected chi connectivity index (χ3v) is 1.61. The van der Waals surface area contributed by atoms with E-state index in [9.17, 15) is 4.79 Å². The Morgan fingerprint density at radius 1 is 1.50 bits per heavy atom. The lowest BCUT2D eigenvalue weighted by Crippen LogP contribution is -1.95. The normalized spacial score (nSPS) is 10.0. The molecule has 0 bridgehead atoms. The van der Waals surface area contributed by atoms with Crippen molar-refractivity contribution in [3.63, 3.8) is 0 Å². The van der Waals surface area contributed by atoms with Gasteiger partial charge in [-0.25, -0.2) is 4.98 Å². The Bertz CT molecular complexity index is 407. The molecule has 0 aliphatic rings. The predicted octanol–water partition coefficient (Wildman–Crippen LogP) is 0.903. The average Bonchev–Trinajstić information content (AvgIpc) is 2.51. The van der Waals surface area contributed by atoms with E-state index in [-0.39, 0.29) is 0 Å². The molecule has 0 fully saturated rings. The Kier molecular flexibility index (Phi) is 1.51. The number of carbonyl (C=O) groups excluding carboxylic acids is 1. The molecular formula is C8H7N3O. The number of hydrogen-bond donors (Lipinski definition) is 1. The number of fused-ring (bicyclic) bond motifs is 1. The number of carbonyl (C=O) groups is 1. The summed E-state index contributed by atoms with van der Waals surface area (Å²) in [6, 6.07) is 3.64. The molecule has 12 heavy (non-hydrogen) atoms. The van der Waals surface area contributed by atoms with Crippen molar-refractivity contribution in [2.24, 2.45) is 0 Å². The fourth-order valence-electron chi connectivity index (χ4n) is 1.07. The molecule has 0 aliphatic carbocycles. The Balaban J connectivity index is 2.52. The van der Waals surface area contributed by atoms with Gasteiger partial charge in [-0.3, -0.25) is 4.79 Å². The molecule has 1 N–H and O–H groups in total. The molecule has 0 spiro atoms. The van der Waals surface area contributed by atoms with Gasteiger partial charge in [-0.05, 0) is 12.1 Å². The van der Waals surface area contributed by atoms with Crippen LogP contribution in [-0.4, -0.2) is 15.8 Å². The lowest BCUT2D eigenvalue weighted by molar-refractivity contribution is -0.105. The van der Waals surface area contributed by atoms with Gasteiger partial charge in [0.1, 0.15) is 5.65 Å². The van der Waals surface area contributed by atoms with E-state index >= 15 is 0 Å². The van der Waals surface area contributed by atoms with Gasteiger partial charge >= 0.3 is 0 Å². The van der Waals surface area contributed by atoms with Crippen molar-refractivity contribution in [1.82, 2.24) is 9.38 Å². The van der Waals surface area contributed by atoms with Crippen LogP contribution in [0.15, 0.2) is 30.7 Å². The van der Waals surface area contributed by atoms with Crippen LogP contribution in [0.3, 0.4) is 0 Å². The molecule has 4 nitrogen and oxygen atoms in total. The lowest BCUT2D eigenvalue weighted by atomic mass is 10.4. The number of pyridine rings is 1. The number of aromatic nitrogens is 2. The van der Waals surface area contributed by atoms with Gasteiger partial charge in [0.2, 0.25) is 6.41 Å². The summed E-state index contributed by atoms with van der Waals surface area (Å²) in [5.41, 5.74) is 1.63. The quantitative estimate of drug-likeness (QED) is 0.665. The molecule has 0 aliphatic heterocycles. The molecule has 60 valence electrons. The highest BCUT2D eigenvalue weighted by atomic mass is 16.1. The van der Waals surface area contributed by atoms with E-state index in [2.05, 4.69) is 10.3 Å². The summed E-state index contributed by atoms with van der Waals surface area (Å²) in [7, 11) is 0. The monoisotopic (exact) mass is 161 g/mol. The number of nitrogens with zero attached hydrogens (tertiary/aromatic N) is 2. The van der Waals surface area contributed by atoms with Crippen molar-refractivity contribution < 1.29 is 4.79 Å². The maximum Gasteiger partial charge on any atom is 0.211 e. The third kappa shape index (κ3) is 1.03. The first kappa shape index (κ1) is 6.84. The molecule has 0 radical (unpaired) electrons. The number of amides is 1. The summed E-state index contributed by atoms with van der Waals surface area (Å²) in [4.78, 5) is 14.2. The van der Waals surface area contributed by atoms with Gasteiger partial charge in [0.05, 0.1) is 5.69 Å². The highest BCUT2D eigenvalue weighted by Crippen LogP contribution is 2.07. The molecule has 0 saturated carbocycles. The third-order valence-electron chi connectivity index (χ3n) is 1.61. The maximum atomic E-state index is 10.1. The zero-order valence-corrected chi connectivity index (χ0v) is 6.27. The van der Waals surface area contributed by atoms with Crippen molar-refractivity contribution in [3.05, 3.63) is 30.7 Å². The van der Waals surface area contributed by atoms with Crippen LogP contribution in [0.2, 0.25) is 0 Å². The molecule has 4 heteroatoms. The number of rotatable bonds is 2. The van der Waals surface area contributed by atoms with Crippen LogP contribution in [0.25, 0.3) is 5.65 Å². The fourth-order valence-corrected chi connectivity index (χ4v) is 1.07. The summed E-state index contributed by atoms with van der Waals surface area (Å²) < 4.78 is 1.84. The Morgan fingerprint density at radius 2 is 2.42 bits per heavy atom. The van der Waals surface area contributed by atoms with Crippen molar-refractivity contribution in [2.75, 3.05) is 5.32 Å². The average molecular weight is 161 g/mol. The minimum atomic E-state index is 0.651. The summed E-state index contributed by atoms with van der Waals surface area (Å²) in [5, 5.41) is 2.56. The molecule has 0 saturated heterocycles. The Hall–Kier alpha value is -1.84. The second-order valence-electron chi connectivity index (χ2n) is 2.37. The number of anilines is 1. The molecule has 2 aromatic rings. The van der Waals surface area contributed by atoms with Crippen LogP contribution in [0.5, 0.6) is 0 Å². The van der Waals surface area contributed by atoms with Crippen LogP contribution in [0.1, 0.15) is 0 Å². The van der Waals surface area contributed by atoms with Gasteiger partial charge in [-0.1, -0.05) is 0 Å². The second kappa shape index (κ2) is 2.65. The predicted molar refractivity (Wildman–Crippen MR) is 44.9 cm³/mol. The zero-order valence-electron chi connectivity index (χ0n) is 6.27. The highest BCUT2D eigenvalue weighted by Gasteiger charge is 1.93. The first-order valence-electron chi connectivity index (χ1n) is 3.53. The molecule has 2 aromatic heterocycles. The van der Waals surface area contributed by atoms with E-state index in [4.69, 9.17) is 0 Å². The SMILES string of the molecule is O=CNc1ccc2nccn2c1. The van der Waals surface area contributed by atoms with Crippen LogP contribution in [-0.2, 0) is 4.79 Å². The number of nitrogens with one attached hydrogen (secondary N) is 1. The van der Waals surface area contributed by atoms with Crippen LogP contribution in [0.4, 0.5) is 5.69 Å². The fraction of sp³-hybridized carbons (Fsp3) is 0. The minimum Gasteiger partial charge on any atom is -0.327 e. The number of imidazole rings is 1. The van der Waals surface area contributed by atoms with Gasteiger partial charge < -0.3 is 9.72 Å². The Labute approximate surface area is 68.8 Å². The van der Waals surface area contributed by atoms with Crippen LogP contribution < -0.4 is 5.32 Å². The van der Waals surface area contributed by atoms with E-state index in [1.807, 2.05) is 16.7 Å². The van der Waals surface area contributed by atoms with Gasteiger partial charge in [0.15, 0.2) is 0 Å². The molecule has 0 aromatic carbocycles. The smallest absolute Gasteiger partial charge is 0.211 e. The summed E-state index contributed by atoms with van der Waals surface area (Å²) in [5.74, 6) is 0. The molecule has 2 rings (SSSR count). The first-order valence-corrected chi connectivity index (χ1v) is 3.53. The first-order chi connectivity index (χ1) is 5.90. The second-order valence-corrected chi connectivity index (χ2v) is 2.37. The van der Waals surface area contributed by atoms with Gasteiger partial charge in [-0.15, -0.1) is 0 Å². The minimum absolute atomic E-state index is 0.651. The Morgan fingerprint density at radius 3 is 3.25 bits per heavy atom. The summed E-state index contributed by atoms with van der Waals surface area (Å²) in [6.45, 7) is 0. The van der Waals surface area contributed by atoms with Crippen molar-refractivity contribution in [1.29, 1.82) is 0 Å². The molecule has 1 amide bonds. The van der Waals surface area contributed by atoms with Gasteiger partial charge in [0.25, 0.3) is 0 Å². The summed E-state index contributed by atoms with van der Waals surface area (Å²) in [6.07, 6.45) is 5.99. The van der Waals surface area contributed by atoms with E-state index in [0.29, 0.717) is 6.41 Å². The van der Waals surface area contributed by atoms with Gasteiger partial charge in [-0.2, -0.15) is 0 Å². The van der Waals surface area contributed by atoms with Crippen LogP contribution >= 0.6 is 0 Å². The molecular weight excluding hydrogens is 154 g/mol. The van der Waals surface area contributed by atoms with Crippen molar-refractivity contribution in [2.45, 2.75) is 0 Å². The van der Waals surface area contributed by atoms with E-state index in [0.717, 1.165) is 11.3 Å². The molecule has 0 atom stereocenters. The van der Waals surface area contributed by atoms with Gasteiger partial charge in [0, 0.05) is 18.6 Å². The van der Waals surface area contributed by atoms with E-state index in [1.54, 1.807) is 18.5 Å². The van der Waals surface area contributed by atoms with Crippen molar-refractivity contribution >= 4 is 17.7 Å². The lowest BCUT2D eigenvalue weighted by Gasteiger charge is -1.98. The number of hydrogen-bond acceptors (Lipinski definition) is 2. The zero-order chi connectivity index (χ0) is 8.39. The standard InChI is InChI=1S/C8H7N3O/c12-6-10-7-1-2-8-9-3-4-11(8)5-7/h1-6H,(H,10,12). The topological polar surface area (TPSA) is 46.4 Å².